The highest BCUT2D eigenvalue weighted by Crippen LogP contribution is 2.30. The average Bonchev–Trinajstić information content (AvgIpc) is 2.85. The number of halogens is 2. The number of likely N-dealkylation sites (N-methyl/N-ethyl adjacent to an activating group) is 1. The fraction of sp³-hybridized carbons (Fsp3) is 0.368. The Hall–Kier alpha value is -1.98. The molecule has 0 spiro atoms. The highest BCUT2D eigenvalue weighted by molar-refractivity contribution is 6.08. The maximum absolute atomic E-state index is 13.7. The molecule has 1 heterocycles. The van der Waals surface area contributed by atoms with Gasteiger partial charge in [-0.3, -0.25) is 0 Å². The van der Waals surface area contributed by atoms with Crippen LogP contribution in [0.1, 0.15) is 13.8 Å². The minimum atomic E-state index is -0.586. The molecule has 3 rings (SSSR count). The molecule has 3 aromatic rings. The molecule has 2 aromatic carbocycles. The quantitative estimate of drug-likeness (QED) is 0.744. The number of rotatable bonds is 6. The van der Waals surface area contributed by atoms with Crippen LogP contribution in [0, 0.1) is 11.6 Å². The van der Waals surface area contributed by atoms with Crippen LogP contribution < -0.4 is 0 Å². The van der Waals surface area contributed by atoms with Gasteiger partial charge in [0.2, 0.25) is 0 Å². The van der Waals surface area contributed by atoms with Crippen LogP contribution in [-0.4, -0.2) is 40.3 Å². The van der Waals surface area contributed by atoms with Gasteiger partial charge in [0.05, 0.1) is 18.2 Å². The molecular formula is C19H22F2N2O. The van der Waals surface area contributed by atoms with Crippen molar-refractivity contribution < 1.29 is 13.9 Å². The van der Waals surface area contributed by atoms with Crippen molar-refractivity contribution in [2.75, 3.05) is 19.6 Å². The Morgan fingerprint density at radius 2 is 1.62 bits per heavy atom. The van der Waals surface area contributed by atoms with Gasteiger partial charge in [-0.1, -0.05) is 13.8 Å². The first-order valence-electron chi connectivity index (χ1n) is 8.31. The molecule has 0 saturated heterocycles. The highest BCUT2D eigenvalue weighted by atomic mass is 19.1. The summed E-state index contributed by atoms with van der Waals surface area (Å²) in [6.45, 7) is 6.71. The second-order valence-corrected chi connectivity index (χ2v) is 6.07. The maximum Gasteiger partial charge on any atom is 0.125 e. The first-order valence-corrected chi connectivity index (χ1v) is 8.31. The van der Waals surface area contributed by atoms with Crippen molar-refractivity contribution in [2.45, 2.75) is 26.5 Å². The van der Waals surface area contributed by atoms with Gasteiger partial charge in [0.25, 0.3) is 0 Å². The fourth-order valence-corrected chi connectivity index (χ4v) is 3.29. The third-order valence-electron chi connectivity index (χ3n) is 4.55. The van der Waals surface area contributed by atoms with E-state index in [2.05, 4.69) is 18.7 Å². The molecule has 0 radical (unpaired) electrons. The summed E-state index contributed by atoms with van der Waals surface area (Å²) in [4.78, 5) is 2.14. The third kappa shape index (κ3) is 3.14. The molecule has 0 saturated carbocycles. The fourth-order valence-electron chi connectivity index (χ4n) is 3.29. The van der Waals surface area contributed by atoms with Crippen LogP contribution in [0.3, 0.4) is 0 Å². The van der Waals surface area contributed by atoms with Gasteiger partial charge in [-0.05, 0) is 49.5 Å². The van der Waals surface area contributed by atoms with E-state index in [0.29, 0.717) is 18.6 Å². The van der Waals surface area contributed by atoms with Gasteiger partial charge in [-0.15, -0.1) is 0 Å². The zero-order valence-electron chi connectivity index (χ0n) is 14.0. The molecule has 3 nitrogen and oxygen atoms in total. The summed E-state index contributed by atoms with van der Waals surface area (Å²) < 4.78 is 29.2. The highest BCUT2D eigenvalue weighted by Gasteiger charge is 2.16. The minimum absolute atomic E-state index is 0.324. The smallest absolute Gasteiger partial charge is 0.125 e. The standard InChI is InChI=1S/C19H22F2N2O/c1-3-22(4-2)11-15(24)12-23-18-8-6-13(20)9-17(18)16-7-5-14(21)10-19(16)23/h5-10,15,24H,3-4,11-12H2,1-2H3. The number of aliphatic hydroxyl groups is 1. The number of benzene rings is 2. The lowest BCUT2D eigenvalue weighted by Crippen LogP contribution is -2.34. The second kappa shape index (κ2) is 6.87. The molecule has 0 aliphatic rings. The Kier molecular flexibility index (Phi) is 4.83. The van der Waals surface area contributed by atoms with Gasteiger partial charge in [0.1, 0.15) is 11.6 Å². The van der Waals surface area contributed by atoms with Crippen LogP contribution >= 0.6 is 0 Å². The van der Waals surface area contributed by atoms with E-state index >= 15 is 0 Å². The lowest BCUT2D eigenvalue weighted by Gasteiger charge is -2.22. The van der Waals surface area contributed by atoms with Gasteiger partial charge in [-0.25, -0.2) is 8.78 Å². The number of aliphatic hydroxyl groups excluding tert-OH is 1. The second-order valence-electron chi connectivity index (χ2n) is 6.07. The molecule has 1 atom stereocenters. The maximum atomic E-state index is 13.7. The van der Waals surface area contributed by atoms with E-state index < -0.39 is 6.10 Å². The number of nitrogens with zero attached hydrogens (tertiary/aromatic N) is 2. The number of hydrogen-bond donors (Lipinski definition) is 1. The third-order valence-corrected chi connectivity index (χ3v) is 4.55. The molecule has 0 aliphatic heterocycles. The number of hydrogen-bond acceptors (Lipinski definition) is 2. The van der Waals surface area contributed by atoms with Crippen molar-refractivity contribution in [3.63, 3.8) is 0 Å². The van der Waals surface area contributed by atoms with Crippen molar-refractivity contribution in [1.29, 1.82) is 0 Å². The van der Waals surface area contributed by atoms with Crippen LogP contribution in [0.25, 0.3) is 21.8 Å². The summed E-state index contributed by atoms with van der Waals surface area (Å²) in [5.41, 5.74) is 1.48. The average molecular weight is 332 g/mol. The van der Waals surface area contributed by atoms with E-state index in [1.165, 1.54) is 24.3 Å². The zero-order chi connectivity index (χ0) is 17.3. The molecule has 0 amide bonds. The number of fused-ring (bicyclic) bond motifs is 3. The summed E-state index contributed by atoms with van der Waals surface area (Å²) in [5, 5.41) is 12.0. The molecular weight excluding hydrogens is 310 g/mol. The van der Waals surface area contributed by atoms with Gasteiger partial charge in [-0.2, -0.15) is 0 Å². The largest absolute Gasteiger partial charge is 0.390 e. The first-order chi connectivity index (χ1) is 11.5. The summed E-state index contributed by atoms with van der Waals surface area (Å²) in [5.74, 6) is -0.667. The van der Waals surface area contributed by atoms with Crippen LogP contribution in [0.2, 0.25) is 0 Å². The van der Waals surface area contributed by atoms with Crippen molar-refractivity contribution in [3.8, 4) is 0 Å². The molecule has 0 bridgehead atoms. The molecule has 1 unspecified atom stereocenters. The predicted octanol–water partition coefficient (Wildman–Crippen LogP) is 3.78. The van der Waals surface area contributed by atoms with Crippen molar-refractivity contribution in [1.82, 2.24) is 9.47 Å². The summed E-state index contributed by atoms with van der Waals surface area (Å²) in [6, 6.07) is 9.03. The topological polar surface area (TPSA) is 28.4 Å². The molecule has 1 N–H and O–H groups in total. The SMILES string of the molecule is CCN(CC)CC(O)Cn1c2ccc(F)cc2c2ccc(F)cc21. The van der Waals surface area contributed by atoms with Crippen molar-refractivity contribution in [3.05, 3.63) is 48.0 Å². The Balaban J connectivity index is 2.06. The van der Waals surface area contributed by atoms with E-state index in [9.17, 15) is 13.9 Å². The van der Waals surface area contributed by atoms with Gasteiger partial charge >= 0.3 is 0 Å². The summed E-state index contributed by atoms with van der Waals surface area (Å²) in [6.07, 6.45) is -0.586. The Morgan fingerprint density at radius 3 is 2.33 bits per heavy atom. The lowest BCUT2D eigenvalue weighted by atomic mass is 10.1. The molecule has 1 aromatic heterocycles. The van der Waals surface area contributed by atoms with Crippen LogP contribution in [-0.2, 0) is 6.54 Å². The lowest BCUT2D eigenvalue weighted by molar-refractivity contribution is 0.105. The Bertz CT molecular complexity index is 855. The van der Waals surface area contributed by atoms with E-state index in [0.717, 1.165) is 29.4 Å². The normalized spacial score (nSPS) is 13.2. The summed E-state index contributed by atoms with van der Waals surface area (Å²) >= 11 is 0. The molecule has 24 heavy (non-hydrogen) atoms. The molecule has 0 fully saturated rings. The van der Waals surface area contributed by atoms with Gasteiger partial charge < -0.3 is 14.6 Å². The van der Waals surface area contributed by atoms with Crippen molar-refractivity contribution in [2.24, 2.45) is 0 Å². The molecule has 5 heteroatoms. The van der Waals surface area contributed by atoms with E-state index in [-0.39, 0.29) is 11.6 Å². The number of aromatic nitrogens is 1. The zero-order valence-corrected chi connectivity index (χ0v) is 14.0. The molecule has 0 aliphatic carbocycles. The predicted molar refractivity (Wildman–Crippen MR) is 93.2 cm³/mol. The first kappa shape index (κ1) is 16.9. The van der Waals surface area contributed by atoms with E-state index in [1.807, 2.05) is 4.57 Å². The minimum Gasteiger partial charge on any atom is -0.390 e. The Labute approximate surface area is 140 Å². The van der Waals surface area contributed by atoms with E-state index in [1.54, 1.807) is 12.1 Å². The van der Waals surface area contributed by atoms with E-state index in [4.69, 9.17) is 0 Å². The van der Waals surface area contributed by atoms with Crippen LogP contribution in [0.4, 0.5) is 8.78 Å². The van der Waals surface area contributed by atoms with Crippen molar-refractivity contribution >= 4 is 21.8 Å². The molecule has 128 valence electrons. The van der Waals surface area contributed by atoms with Crippen LogP contribution in [0.5, 0.6) is 0 Å². The van der Waals surface area contributed by atoms with Crippen LogP contribution in [0.15, 0.2) is 36.4 Å². The monoisotopic (exact) mass is 332 g/mol. The van der Waals surface area contributed by atoms with Gasteiger partial charge in [0.15, 0.2) is 0 Å². The van der Waals surface area contributed by atoms with Gasteiger partial charge in [0, 0.05) is 22.8 Å². The Morgan fingerprint density at radius 1 is 0.958 bits per heavy atom. The summed E-state index contributed by atoms with van der Waals surface area (Å²) in [7, 11) is 0.